The lowest BCUT2D eigenvalue weighted by molar-refractivity contribution is -0.166. The van der Waals surface area contributed by atoms with Crippen LogP contribution in [0.2, 0.25) is 5.02 Å². The predicted molar refractivity (Wildman–Crippen MR) is 185 cm³/mol. The van der Waals surface area contributed by atoms with Crippen molar-refractivity contribution >= 4 is 55.7 Å². The molecule has 4 heterocycles. The minimum absolute atomic E-state index is 0.260. The molecule has 5 aromatic rings. The lowest BCUT2D eigenvalue weighted by atomic mass is 9.91. The summed E-state index contributed by atoms with van der Waals surface area (Å²) in [7, 11) is 4.20. The van der Waals surface area contributed by atoms with Crippen molar-refractivity contribution in [3.63, 3.8) is 0 Å². The summed E-state index contributed by atoms with van der Waals surface area (Å²) >= 11 is 7.91. The van der Waals surface area contributed by atoms with Gasteiger partial charge in [-0.15, -0.1) is 11.3 Å². The van der Waals surface area contributed by atoms with Gasteiger partial charge in [0.25, 0.3) is 0 Å². The fraction of sp³-hybridized carbons (Fsp3) is 0.361. The van der Waals surface area contributed by atoms with Crippen molar-refractivity contribution in [1.82, 2.24) is 19.4 Å². The number of rotatable bonds is 7. The number of ether oxygens (including phenoxy) is 2. The Labute approximate surface area is 273 Å². The molecule has 1 atom stereocenters. The number of pyridine rings is 1. The first-order valence-electron chi connectivity index (χ1n) is 15.3. The molecule has 7 nitrogen and oxygen atoms in total. The summed E-state index contributed by atoms with van der Waals surface area (Å²) in [5, 5.41) is 2.63. The molecule has 9 heteroatoms. The van der Waals surface area contributed by atoms with E-state index in [-0.39, 0.29) is 6.61 Å². The van der Waals surface area contributed by atoms with Crippen LogP contribution in [0.1, 0.15) is 56.9 Å². The number of likely N-dealkylation sites (N-methyl/N-ethyl adjacent to an activating group) is 1. The van der Waals surface area contributed by atoms with Gasteiger partial charge >= 0.3 is 5.97 Å². The van der Waals surface area contributed by atoms with Crippen molar-refractivity contribution in [2.24, 2.45) is 7.05 Å². The average molecular weight is 643 g/mol. The number of fused-ring (bicyclic) bond motifs is 2. The zero-order valence-electron chi connectivity index (χ0n) is 26.9. The van der Waals surface area contributed by atoms with Gasteiger partial charge in [-0.3, -0.25) is 0 Å². The second kappa shape index (κ2) is 12.3. The number of aromatic nitrogens is 3. The van der Waals surface area contributed by atoms with Crippen LogP contribution in [0, 0.1) is 6.92 Å². The van der Waals surface area contributed by atoms with E-state index in [4.69, 9.17) is 31.0 Å². The smallest absolute Gasteiger partial charge is 0.339 e. The number of carbonyl (C=O) groups is 1. The Bertz CT molecular complexity index is 1930. The summed E-state index contributed by atoms with van der Waals surface area (Å²) in [6.07, 6.45) is 6.51. The predicted octanol–water partition coefficient (Wildman–Crippen LogP) is 8.62. The fourth-order valence-corrected chi connectivity index (χ4v) is 7.25. The van der Waals surface area contributed by atoms with Gasteiger partial charge < -0.3 is 18.9 Å². The van der Waals surface area contributed by atoms with Gasteiger partial charge in [0.15, 0.2) is 6.10 Å². The second-order valence-electron chi connectivity index (χ2n) is 12.7. The van der Waals surface area contributed by atoms with Crippen LogP contribution in [0.15, 0.2) is 54.9 Å². The summed E-state index contributed by atoms with van der Waals surface area (Å²) in [6.45, 7) is 11.9. The highest BCUT2D eigenvalue weighted by molar-refractivity contribution is 7.22. The van der Waals surface area contributed by atoms with Gasteiger partial charge in [-0.05, 0) is 89.1 Å². The Morgan fingerprint density at radius 3 is 2.56 bits per heavy atom. The number of hydrogen-bond acceptors (Lipinski definition) is 7. The maximum atomic E-state index is 13.5. The van der Waals surface area contributed by atoms with Gasteiger partial charge in [0, 0.05) is 65.2 Å². The van der Waals surface area contributed by atoms with E-state index >= 15 is 0 Å². The molecule has 0 saturated carbocycles. The van der Waals surface area contributed by atoms with Gasteiger partial charge in [-0.25, -0.2) is 14.8 Å². The van der Waals surface area contributed by atoms with Gasteiger partial charge in [0.1, 0.15) is 10.7 Å². The number of thiazole rings is 1. The van der Waals surface area contributed by atoms with Crippen molar-refractivity contribution < 1.29 is 14.3 Å². The van der Waals surface area contributed by atoms with Crippen molar-refractivity contribution in [1.29, 1.82) is 0 Å². The molecule has 234 valence electrons. The number of hydrogen-bond donors (Lipinski definition) is 0. The van der Waals surface area contributed by atoms with E-state index in [1.807, 2.05) is 78.2 Å². The van der Waals surface area contributed by atoms with Gasteiger partial charge in [0.05, 0.1) is 22.4 Å². The number of nitrogens with zero attached hydrogens (tertiary/aromatic N) is 4. The van der Waals surface area contributed by atoms with Crippen LogP contribution in [-0.4, -0.2) is 57.7 Å². The monoisotopic (exact) mass is 642 g/mol. The highest BCUT2D eigenvalue weighted by Gasteiger charge is 2.33. The third-order valence-electron chi connectivity index (χ3n) is 8.11. The summed E-state index contributed by atoms with van der Waals surface area (Å²) in [4.78, 5) is 25.8. The largest absolute Gasteiger partial charge is 0.464 e. The van der Waals surface area contributed by atoms with E-state index in [1.54, 1.807) is 11.3 Å². The maximum Gasteiger partial charge on any atom is 0.339 e. The fourth-order valence-electron chi connectivity index (χ4n) is 6.02. The Morgan fingerprint density at radius 2 is 1.89 bits per heavy atom. The first-order chi connectivity index (χ1) is 21.4. The van der Waals surface area contributed by atoms with Crippen molar-refractivity contribution in [2.45, 2.75) is 52.7 Å². The first-order valence-corrected chi connectivity index (χ1v) is 16.5. The van der Waals surface area contributed by atoms with E-state index < -0.39 is 17.7 Å². The molecule has 45 heavy (non-hydrogen) atoms. The van der Waals surface area contributed by atoms with Gasteiger partial charge in [0.2, 0.25) is 0 Å². The summed E-state index contributed by atoms with van der Waals surface area (Å²) in [6, 6.07) is 12.0. The summed E-state index contributed by atoms with van der Waals surface area (Å²) in [5.74, 6) is -0.413. The van der Waals surface area contributed by atoms with E-state index in [2.05, 4.69) is 34.9 Å². The third kappa shape index (κ3) is 6.29. The minimum Gasteiger partial charge on any atom is -0.464 e. The zero-order chi connectivity index (χ0) is 32.0. The van der Waals surface area contributed by atoms with Crippen LogP contribution in [0.4, 0.5) is 0 Å². The van der Waals surface area contributed by atoms with Crippen molar-refractivity contribution in [3.8, 4) is 21.7 Å². The van der Waals surface area contributed by atoms with E-state index in [9.17, 15) is 4.79 Å². The van der Waals surface area contributed by atoms with Crippen LogP contribution in [-0.2, 0) is 21.3 Å². The van der Waals surface area contributed by atoms with E-state index in [1.165, 1.54) is 11.1 Å². The molecular weight excluding hydrogens is 604 g/mol. The van der Waals surface area contributed by atoms with Crippen LogP contribution < -0.4 is 0 Å². The number of esters is 1. The lowest BCUT2D eigenvalue weighted by Gasteiger charge is -2.29. The molecule has 0 amide bonds. The number of carbonyl (C=O) groups excluding carboxylic acids is 1. The molecule has 0 radical (unpaired) electrons. The summed E-state index contributed by atoms with van der Waals surface area (Å²) < 4.78 is 15.1. The van der Waals surface area contributed by atoms with Gasteiger partial charge in [-0.1, -0.05) is 29.8 Å². The molecule has 1 aliphatic rings. The molecule has 2 aromatic carbocycles. The second-order valence-corrected chi connectivity index (χ2v) is 14.1. The average Bonchev–Trinajstić information content (AvgIpc) is 3.56. The van der Waals surface area contributed by atoms with Crippen molar-refractivity contribution in [2.75, 3.05) is 26.7 Å². The zero-order valence-corrected chi connectivity index (χ0v) is 28.5. The topological polar surface area (TPSA) is 69.5 Å². The SMILES string of the molecule is CCOC(=O)[C@@H](OC(C)(C)C)c1c(C)cc2nc(-c3cnc4c(c3)c(C3=CCN(C)CC3)cn4C)sc2c1-c1ccc(Cl)cc1. The summed E-state index contributed by atoms with van der Waals surface area (Å²) in [5.41, 5.74) is 8.27. The number of aryl methyl sites for hydroxylation is 2. The molecular formula is C36H39ClN4O3S. The maximum absolute atomic E-state index is 13.5. The van der Waals surface area contributed by atoms with E-state index in [0.717, 1.165) is 73.6 Å². The quantitative estimate of drug-likeness (QED) is 0.166. The molecule has 1 aliphatic heterocycles. The molecule has 0 aliphatic carbocycles. The van der Waals surface area contributed by atoms with Crippen molar-refractivity contribution in [3.05, 3.63) is 76.6 Å². The van der Waals surface area contributed by atoms with Crippen LogP contribution in [0.5, 0.6) is 0 Å². The molecule has 0 N–H and O–H groups in total. The third-order valence-corrected chi connectivity index (χ3v) is 9.50. The highest BCUT2D eigenvalue weighted by atomic mass is 35.5. The van der Waals surface area contributed by atoms with Crippen LogP contribution in [0.25, 0.3) is 48.5 Å². The number of halogens is 1. The normalized spacial score (nSPS) is 15.1. The Hall–Kier alpha value is -3.56. The Kier molecular flexibility index (Phi) is 8.61. The van der Waals surface area contributed by atoms with Crippen LogP contribution in [0.3, 0.4) is 0 Å². The molecule has 0 fully saturated rings. The molecule has 0 spiro atoms. The molecule has 0 unspecified atom stereocenters. The van der Waals surface area contributed by atoms with Crippen LogP contribution >= 0.6 is 22.9 Å². The molecule has 6 rings (SSSR count). The highest BCUT2D eigenvalue weighted by Crippen LogP contribution is 2.45. The molecule has 0 saturated heterocycles. The van der Waals surface area contributed by atoms with E-state index in [0.29, 0.717) is 5.02 Å². The Balaban J connectivity index is 1.56. The first kappa shape index (κ1) is 31.4. The number of benzene rings is 2. The molecule has 0 bridgehead atoms. The lowest BCUT2D eigenvalue weighted by Crippen LogP contribution is -2.29. The minimum atomic E-state index is -0.918. The standard InChI is InChI=1S/C36H39ClN4O3S/c1-8-43-35(42)31(44-36(3,4)5)29-21(2)17-28-32(30(29)23-9-11-25(37)12-10-23)45-34(39-28)24-18-26-27(20-41(7)33(26)38-19-24)22-13-15-40(6)16-14-22/h9-13,17-20,31H,8,14-16H2,1-7H3/t31-/m0/s1. The molecule has 3 aromatic heterocycles. The Morgan fingerprint density at radius 1 is 1.13 bits per heavy atom. The van der Waals surface area contributed by atoms with Gasteiger partial charge in [-0.2, -0.15) is 0 Å².